The van der Waals surface area contributed by atoms with Crippen LogP contribution in [-0.4, -0.2) is 37.2 Å². The number of hydrogen-bond acceptors (Lipinski definition) is 4. The Morgan fingerprint density at radius 1 is 0.880 bits per heavy atom. The summed E-state index contributed by atoms with van der Waals surface area (Å²) < 4.78 is 11.3. The smallest absolute Gasteiger partial charge is 0.161 e. The number of hydrogen-bond donors (Lipinski definition) is 1. The second-order valence-electron chi connectivity index (χ2n) is 6.89. The van der Waals surface area contributed by atoms with Crippen molar-refractivity contribution < 1.29 is 9.47 Å². The standard InChI is InChI=1S/C21H26N2O2/c1-2-4-17(5-3-1)15-22-19-8-10-23(11-9-19)16-18-6-7-20-21(14-18)25-13-12-24-20/h1-7,14,19,22H,8-13,15-16H2. The topological polar surface area (TPSA) is 33.7 Å². The van der Waals surface area contributed by atoms with Crippen LogP contribution in [0.4, 0.5) is 0 Å². The maximum absolute atomic E-state index is 5.69. The molecule has 0 bridgehead atoms. The summed E-state index contributed by atoms with van der Waals surface area (Å²) in [5, 5.41) is 3.70. The predicted octanol–water partition coefficient (Wildman–Crippen LogP) is 3.21. The maximum atomic E-state index is 5.69. The van der Waals surface area contributed by atoms with E-state index in [1.807, 2.05) is 6.07 Å². The highest BCUT2D eigenvalue weighted by atomic mass is 16.6. The molecule has 0 spiro atoms. The summed E-state index contributed by atoms with van der Waals surface area (Å²) in [7, 11) is 0. The van der Waals surface area contributed by atoms with E-state index in [2.05, 4.69) is 52.7 Å². The molecule has 0 atom stereocenters. The Bertz CT molecular complexity index is 682. The summed E-state index contributed by atoms with van der Waals surface area (Å²) in [6.45, 7) is 5.53. The molecule has 0 unspecified atom stereocenters. The van der Waals surface area contributed by atoms with E-state index >= 15 is 0 Å². The molecule has 0 aliphatic carbocycles. The van der Waals surface area contributed by atoms with Crippen LogP contribution in [0.2, 0.25) is 0 Å². The lowest BCUT2D eigenvalue weighted by atomic mass is 10.0. The van der Waals surface area contributed by atoms with Gasteiger partial charge in [-0.15, -0.1) is 0 Å². The fourth-order valence-electron chi connectivity index (χ4n) is 3.60. The summed E-state index contributed by atoms with van der Waals surface area (Å²) >= 11 is 0. The van der Waals surface area contributed by atoms with E-state index in [9.17, 15) is 0 Å². The van der Waals surface area contributed by atoms with Gasteiger partial charge in [-0.25, -0.2) is 0 Å². The third kappa shape index (κ3) is 4.33. The number of likely N-dealkylation sites (tertiary alicyclic amines) is 1. The molecule has 0 radical (unpaired) electrons. The van der Waals surface area contributed by atoms with Gasteiger partial charge in [0.15, 0.2) is 11.5 Å². The van der Waals surface area contributed by atoms with E-state index in [1.165, 1.54) is 24.0 Å². The summed E-state index contributed by atoms with van der Waals surface area (Å²) in [5.74, 6) is 1.77. The lowest BCUT2D eigenvalue weighted by Gasteiger charge is -2.32. The van der Waals surface area contributed by atoms with E-state index in [0.29, 0.717) is 19.3 Å². The van der Waals surface area contributed by atoms with Gasteiger partial charge in [-0.3, -0.25) is 4.90 Å². The van der Waals surface area contributed by atoms with Crippen molar-refractivity contribution in [1.29, 1.82) is 0 Å². The monoisotopic (exact) mass is 338 g/mol. The number of benzene rings is 2. The fourth-order valence-corrected chi connectivity index (χ4v) is 3.60. The molecule has 4 heteroatoms. The first kappa shape index (κ1) is 16.4. The van der Waals surface area contributed by atoms with Crippen LogP contribution >= 0.6 is 0 Å². The van der Waals surface area contributed by atoms with Gasteiger partial charge in [0.1, 0.15) is 13.2 Å². The third-order valence-corrected chi connectivity index (χ3v) is 5.04. The van der Waals surface area contributed by atoms with Crippen molar-refractivity contribution in [3.63, 3.8) is 0 Å². The van der Waals surface area contributed by atoms with E-state index in [0.717, 1.165) is 37.7 Å². The number of nitrogens with one attached hydrogen (secondary N) is 1. The summed E-state index contributed by atoms with van der Waals surface area (Å²) in [6.07, 6.45) is 2.41. The lowest BCUT2D eigenvalue weighted by Crippen LogP contribution is -2.41. The Morgan fingerprint density at radius 2 is 1.64 bits per heavy atom. The lowest BCUT2D eigenvalue weighted by molar-refractivity contribution is 0.169. The number of fused-ring (bicyclic) bond motifs is 1. The Hall–Kier alpha value is -2.04. The van der Waals surface area contributed by atoms with Crippen LogP contribution in [0, 0.1) is 0 Å². The highest BCUT2D eigenvalue weighted by molar-refractivity contribution is 5.43. The van der Waals surface area contributed by atoms with Gasteiger partial charge >= 0.3 is 0 Å². The molecule has 25 heavy (non-hydrogen) atoms. The van der Waals surface area contributed by atoms with Crippen molar-refractivity contribution in [1.82, 2.24) is 10.2 Å². The number of rotatable bonds is 5. The molecular weight excluding hydrogens is 312 g/mol. The molecule has 2 aromatic rings. The normalized spacial score (nSPS) is 18.2. The van der Waals surface area contributed by atoms with Crippen LogP contribution in [0.25, 0.3) is 0 Å². The van der Waals surface area contributed by atoms with Crippen LogP contribution in [-0.2, 0) is 13.1 Å². The average Bonchev–Trinajstić information content (AvgIpc) is 2.68. The minimum absolute atomic E-state index is 0.622. The largest absolute Gasteiger partial charge is 0.486 e. The number of piperidine rings is 1. The van der Waals surface area contributed by atoms with Crippen LogP contribution in [0.1, 0.15) is 24.0 Å². The van der Waals surface area contributed by atoms with E-state index in [-0.39, 0.29) is 0 Å². The zero-order valence-electron chi connectivity index (χ0n) is 14.6. The Labute approximate surface area is 149 Å². The van der Waals surface area contributed by atoms with Crippen molar-refractivity contribution in [3.8, 4) is 11.5 Å². The van der Waals surface area contributed by atoms with Crippen LogP contribution < -0.4 is 14.8 Å². The molecule has 4 rings (SSSR count). The molecule has 0 saturated carbocycles. The maximum Gasteiger partial charge on any atom is 0.161 e. The Morgan fingerprint density at radius 3 is 2.44 bits per heavy atom. The van der Waals surface area contributed by atoms with E-state index in [4.69, 9.17) is 9.47 Å². The molecular formula is C21H26N2O2. The van der Waals surface area contributed by atoms with Gasteiger partial charge in [-0.1, -0.05) is 36.4 Å². The van der Waals surface area contributed by atoms with E-state index in [1.54, 1.807) is 0 Å². The van der Waals surface area contributed by atoms with Gasteiger partial charge in [0.2, 0.25) is 0 Å². The number of ether oxygens (including phenoxy) is 2. The first-order chi connectivity index (χ1) is 12.4. The molecule has 132 valence electrons. The highest BCUT2D eigenvalue weighted by Gasteiger charge is 2.19. The van der Waals surface area contributed by atoms with E-state index < -0.39 is 0 Å². The summed E-state index contributed by atoms with van der Waals surface area (Å²) in [4.78, 5) is 2.53. The number of nitrogens with zero attached hydrogens (tertiary/aromatic N) is 1. The van der Waals surface area contributed by atoms with Crippen molar-refractivity contribution in [3.05, 3.63) is 59.7 Å². The molecule has 0 amide bonds. The fraction of sp³-hybridized carbons (Fsp3) is 0.429. The van der Waals surface area contributed by atoms with Crippen molar-refractivity contribution >= 4 is 0 Å². The zero-order chi connectivity index (χ0) is 16.9. The Kier molecular flexibility index (Phi) is 5.19. The molecule has 1 N–H and O–H groups in total. The SMILES string of the molecule is c1ccc(CNC2CCN(Cc3ccc4c(c3)OCCO4)CC2)cc1. The quantitative estimate of drug-likeness (QED) is 0.908. The molecule has 2 aliphatic heterocycles. The molecule has 1 fully saturated rings. The van der Waals surface area contributed by atoms with Gasteiger partial charge in [0.25, 0.3) is 0 Å². The second-order valence-corrected chi connectivity index (χ2v) is 6.89. The van der Waals surface area contributed by atoms with Crippen molar-refractivity contribution in [2.24, 2.45) is 0 Å². The molecule has 2 heterocycles. The minimum atomic E-state index is 0.622. The van der Waals surface area contributed by atoms with Crippen molar-refractivity contribution in [2.45, 2.75) is 32.0 Å². The second kappa shape index (κ2) is 7.89. The predicted molar refractivity (Wildman–Crippen MR) is 99.0 cm³/mol. The molecule has 4 nitrogen and oxygen atoms in total. The van der Waals surface area contributed by atoms with Gasteiger partial charge < -0.3 is 14.8 Å². The summed E-state index contributed by atoms with van der Waals surface area (Å²) in [6, 6.07) is 17.6. The van der Waals surface area contributed by atoms with Gasteiger partial charge in [-0.2, -0.15) is 0 Å². The molecule has 2 aliphatic rings. The van der Waals surface area contributed by atoms with Crippen LogP contribution in [0.15, 0.2) is 48.5 Å². The first-order valence-electron chi connectivity index (χ1n) is 9.25. The van der Waals surface area contributed by atoms with Gasteiger partial charge in [-0.05, 0) is 49.2 Å². The van der Waals surface area contributed by atoms with Gasteiger partial charge in [0.05, 0.1) is 0 Å². The highest BCUT2D eigenvalue weighted by Crippen LogP contribution is 2.31. The molecule has 0 aromatic heterocycles. The van der Waals surface area contributed by atoms with Crippen LogP contribution in [0.5, 0.6) is 11.5 Å². The summed E-state index contributed by atoms with van der Waals surface area (Å²) in [5.41, 5.74) is 2.67. The molecule has 1 saturated heterocycles. The molecule has 2 aromatic carbocycles. The first-order valence-corrected chi connectivity index (χ1v) is 9.25. The van der Waals surface area contributed by atoms with Crippen molar-refractivity contribution in [2.75, 3.05) is 26.3 Å². The Balaban J connectivity index is 1.25. The average molecular weight is 338 g/mol. The van der Waals surface area contributed by atoms with Gasteiger partial charge in [0, 0.05) is 19.1 Å². The third-order valence-electron chi connectivity index (χ3n) is 5.04. The van der Waals surface area contributed by atoms with Crippen LogP contribution in [0.3, 0.4) is 0 Å². The minimum Gasteiger partial charge on any atom is -0.486 e. The zero-order valence-corrected chi connectivity index (χ0v) is 14.6.